The zero-order chi connectivity index (χ0) is 51.2. The number of nitrogens with one attached hydrogen (secondary N) is 3. The molecule has 2 aromatic carbocycles. The van der Waals surface area contributed by atoms with Crippen LogP contribution < -0.4 is 16.4 Å². The van der Waals surface area contributed by atoms with E-state index in [0.29, 0.717) is 51.9 Å². The van der Waals surface area contributed by atoms with Crippen molar-refractivity contribution in [3.63, 3.8) is 0 Å². The second-order valence-corrected chi connectivity index (χ2v) is 20.7. The third-order valence-corrected chi connectivity index (χ3v) is 14.9. The Kier molecular flexibility index (Phi) is 21.7. The number of aromatic amines is 1. The fourth-order valence-corrected chi connectivity index (χ4v) is 10.9. The minimum atomic E-state index is -1.10. The van der Waals surface area contributed by atoms with Crippen LogP contribution in [-0.2, 0) is 46.3 Å². The molecule has 0 bridgehead atoms. The van der Waals surface area contributed by atoms with E-state index in [9.17, 15) is 24.3 Å². The van der Waals surface area contributed by atoms with Gasteiger partial charge >= 0.3 is 0 Å². The molecule has 4 amide bonds. The summed E-state index contributed by atoms with van der Waals surface area (Å²) in [4.78, 5) is 72.5. The lowest BCUT2D eigenvalue weighted by atomic mass is 9.89. The summed E-state index contributed by atoms with van der Waals surface area (Å²) in [7, 11) is 6.79. The van der Waals surface area contributed by atoms with E-state index in [2.05, 4.69) is 22.5 Å². The van der Waals surface area contributed by atoms with Crippen molar-refractivity contribution in [3.8, 4) is 0 Å². The standard InChI is InChI=1S/C54H86N8O8/c1-12-36(6)49(60(9)54(67)47(34(2)3)58-52(65)48(35(4)5)59(8)33-40(55)29-38-21-14-13-15-22-38)45(68-10)31-46(63)61-26-20-25-44(61)50(69-11)37(7)51(64)57-43(53(66)62-27-18-19-28-70-62)30-39-32-56-42-24-17-16-23-41(39)42/h13-17,21-24,32,34-37,40,43-45,47-50,53,56,66H,12,18-20,25-31,33,55H2,1-11H3,(H,57,64)(H,58,65)/t36-,37+,40-,43-,44-,45+,47-,48-,49-,50+,53?/m0/s1. The predicted octanol–water partition coefficient (Wildman–Crippen LogP) is 5.13. The Bertz CT molecular complexity index is 2100. The van der Waals surface area contributed by atoms with E-state index >= 15 is 0 Å². The van der Waals surface area contributed by atoms with Crippen LogP contribution in [0.3, 0.4) is 0 Å². The van der Waals surface area contributed by atoms with Crippen molar-refractivity contribution < 1.29 is 38.6 Å². The largest absolute Gasteiger partial charge is 0.379 e. The smallest absolute Gasteiger partial charge is 0.245 e. The lowest BCUT2D eigenvalue weighted by Crippen LogP contribution is -2.60. The molecule has 11 atom stereocenters. The van der Waals surface area contributed by atoms with Crippen LogP contribution in [0.25, 0.3) is 10.9 Å². The number of carbonyl (C=O) groups is 4. The first-order chi connectivity index (χ1) is 33.4. The van der Waals surface area contributed by atoms with Crippen molar-refractivity contribution in [1.82, 2.24) is 35.4 Å². The van der Waals surface area contributed by atoms with Crippen molar-refractivity contribution >= 4 is 34.5 Å². The van der Waals surface area contributed by atoms with Crippen LogP contribution in [0.5, 0.6) is 0 Å². The molecule has 0 aliphatic carbocycles. The monoisotopic (exact) mass is 975 g/mol. The molecule has 1 aromatic heterocycles. The SMILES string of the molecule is CC[C@H](C)[C@@H]([C@@H](CC(=O)N1CCC[C@H]1[C@H](OC)[C@@H](C)C(=O)N[C@@H](Cc1c[nH]c2ccccc12)C(O)N1CCCCO1)OC)N(C)C(=O)[C@@H](NC(=O)[C@H](C(C)C)N(C)C[C@@H](N)Cc1ccccc1)C(C)C. The summed E-state index contributed by atoms with van der Waals surface area (Å²) in [5.41, 5.74) is 9.65. The van der Waals surface area contributed by atoms with Gasteiger partial charge in [-0.2, -0.15) is 5.06 Å². The number of likely N-dealkylation sites (tertiary alicyclic amines) is 1. The topological polar surface area (TPSA) is 195 Å². The molecule has 2 fully saturated rings. The molecule has 2 aliphatic heterocycles. The fourth-order valence-electron chi connectivity index (χ4n) is 10.9. The van der Waals surface area contributed by atoms with Crippen LogP contribution in [0.1, 0.15) is 98.1 Å². The van der Waals surface area contributed by atoms with E-state index in [1.807, 2.05) is 112 Å². The molecular weight excluding hydrogens is 889 g/mol. The Morgan fingerprint density at radius 3 is 2.21 bits per heavy atom. The molecule has 16 heteroatoms. The molecule has 390 valence electrons. The maximum absolute atomic E-state index is 14.7. The number of H-pyrrole nitrogens is 1. The van der Waals surface area contributed by atoms with Gasteiger partial charge in [-0.3, -0.25) is 28.9 Å². The van der Waals surface area contributed by atoms with Crippen molar-refractivity contribution in [2.24, 2.45) is 29.4 Å². The first kappa shape index (κ1) is 56.5. The van der Waals surface area contributed by atoms with Crippen molar-refractivity contribution in [2.45, 2.75) is 155 Å². The molecule has 0 saturated carbocycles. The summed E-state index contributed by atoms with van der Waals surface area (Å²) in [6.45, 7) is 15.8. The van der Waals surface area contributed by atoms with E-state index < -0.39 is 54.6 Å². The molecule has 0 spiro atoms. The van der Waals surface area contributed by atoms with Gasteiger partial charge in [0, 0.05) is 64.0 Å². The lowest BCUT2D eigenvalue weighted by molar-refractivity contribution is -0.261. The Labute approximate surface area is 417 Å². The number of aliphatic hydroxyl groups excluding tert-OH is 1. The number of hydrogen-bond donors (Lipinski definition) is 5. The van der Waals surface area contributed by atoms with Gasteiger partial charge in [-0.1, -0.05) is 103 Å². The number of hydrogen-bond acceptors (Lipinski definition) is 11. The second-order valence-electron chi connectivity index (χ2n) is 20.7. The number of carbonyl (C=O) groups excluding carboxylic acids is 4. The van der Waals surface area contributed by atoms with Gasteiger partial charge in [0.15, 0.2) is 0 Å². The number of rotatable bonds is 26. The summed E-state index contributed by atoms with van der Waals surface area (Å²) < 4.78 is 12.3. The number of para-hydroxylation sites is 1. The molecule has 0 radical (unpaired) electrons. The zero-order valence-electron chi connectivity index (χ0n) is 43.9. The first-order valence-corrected chi connectivity index (χ1v) is 25.8. The normalized spacial score (nSPS) is 20.1. The number of aromatic nitrogens is 1. The Balaban J connectivity index is 1.28. The van der Waals surface area contributed by atoms with Gasteiger partial charge in [-0.15, -0.1) is 0 Å². The van der Waals surface area contributed by atoms with Gasteiger partial charge in [-0.25, -0.2) is 0 Å². The van der Waals surface area contributed by atoms with E-state index in [4.69, 9.17) is 20.0 Å². The third-order valence-electron chi connectivity index (χ3n) is 14.9. The number of likely N-dealkylation sites (N-methyl/N-ethyl adjacent to an activating group) is 2. The fraction of sp³-hybridized carbons (Fsp3) is 0.667. The molecule has 2 saturated heterocycles. The quantitative estimate of drug-likeness (QED) is 0.0717. The van der Waals surface area contributed by atoms with Gasteiger partial charge in [0.1, 0.15) is 12.3 Å². The van der Waals surface area contributed by atoms with Crippen LogP contribution in [0.4, 0.5) is 0 Å². The number of fused-ring (bicyclic) bond motifs is 1. The third kappa shape index (κ3) is 14.4. The number of methoxy groups -OCH3 is 2. The maximum atomic E-state index is 14.7. The molecule has 16 nitrogen and oxygen atoms in total. The minimum Gasteiger partial charge on any atom is -0.379 e. The molecular formula is C54H86N8O8. The van der Waals surface area contributed by atoms with Crippen LogP contribution in [0.15, 0.2) is 60.8 Å². The van der Waals surface area contributed by atoms with Gasteiger partial charge in [-0.05, 0) is 80.5 Å². The lowest BCUT2D eigenvalue weighted by Gasteiger charge is -2.41. The van der Waals surface area contributed by atoms with Crippen molar-refractivity contribution in [3.05, 3.63) is 71.9 Å². The number of hydroxylamine groups is 2. The van der Waals surface area contributed by atoms with E-state index in [1.165, 1.54) is 0 Å². The Morgan fingerprint density at radius 2 is 1.59 bits per heavy atom. The van der Waals surface area contributed by atoms with Crippen LogP contribution in [-0.4, -0.2) is 163 Å². The number of ether oxygens (including phenoxy) is 2. The van der Waals surface area contributed by atoms with Crippen molar-refractivity contribution in [2.75, 3.05) is 54.6 Å². The number of nitrogens with zero attached hydrogens (tertiary/aromatic N) is 4. The van der Waals surface area contributed by atoms with Crippen LogP contribution in [0, 0.1) is 23.7 Å². The van der Waals surface area contributed by atoms with Gasteiger partial charge in [0.25, 0.3) is 0 Å². The highest BCUT2D eigenvalue weighted by molar-refractivity contribution is 5.90. The predicted molar refractivity (Wildman–Crippen MR) is 274 cm³/mol. The molecule has 6 N–H and O–H groups in total. The molecule has 3 heterocycles. The molecule has 70 heavy (non-hydrogen) atoms. The second kappa shape index (κ2) is 26.9. The summed E-state index contributed by atoms with van der Waals surface area (Å²) in [6, 6.07) is 14.8. The summed E-state index contributed by atoms with van der Waals surface area (Å²) in [5.74, 6) is -2.01. The minimum absolute atomic E-state index is 0.00643. The average Bonchev–Trinajstić information content (AvgIpc) is 4.00. The molecule has 2 aliphatic rings. The number of amides is 4. The molecule has 3 aromatic rings. The van der Waals surface area contributed by atoms with E-state index in [0.717, 1.165) is 41.3 Å². The number of nitrogens with two attached hydrogens (primary N) is 1. The number of benzene rings is 2. The Hall–Kier alpha value is -4.42. The summed E-state index contributed by atoms with van der Waals surface area (Å²) in [6.07, 6.45) is 4.35. The highest BCUT2D eigenvalue weighted by Gasteiger charge is 2.44. The van der Waals surface area contributed by atoms with Crippen LogP contribution in [0.2, 0.25) is 0 Å². The summed E-state index contributed by atoms with van der Waals surface area (Å²) >= 11 is 0. The molecule has 1 unspecified atom stereocenters. The van der Waals surface area contributed by atoms with Gasteiger partial charge in [0.05, 0.1) is 55.3 Å². The van der Waals surface area contributed by atoms with Crippen LogP contribution >= 0.6 is 0 Å². The average molecular weight is 975 g/mol. The highest BCUT2D eigenvalue weighted by Crippen LogP contribution is 2.31. The summed E-state index contributed by atoms with van der Waals surface area (Å²) in [5, 5.41) is 20.6. The highest BCUT2D eigenvalue weighted by atomic mass is 16.7. The van der Waals surface area contributed by atoms with E-state index in [1.54, 1.807) is 38.2 Å². The maximum Gasteiger partial charge on any atom is 0.245 e. The van der Waals surface area contributed by atoms with Gasteiger partial charge < -0.3 is 45.7 Å². The Morgan fingerprint density at radius 1 is 0.886 bits per heavy atom. The first-order valence-electron chi connectivity index (χ1n) is 25.8. The zero-order valence-corrected chi connectivity index (χ0v) is 43.9. The van der Waals surface area contributed by atoms with Crippen molar-refractivity contribution in [1.29, 1.82) is 0 Å². The van der Waals surface area contributed by atoms with Gasteiger partial charge in [0.2, 0.25) is 23.6 Å². The number of aliphatic hydroxyl groups is 1. The molecule has 5 rings (SSSR count). The van der Waals surface area contributed by atoms with E-state index in [-0.39, 0.29) is 53.8 Å².